The summed E-state index contributed by atoms with van der Waals surface area (Å²) in [4.78, 5) is 36.9. The van der Waals surface area contributed by atoms with E-state index in [1.165, 1.54) is 13.2 Å². The Hall–Kier alpha value is -2.89. The maximum atomic E-state index is 12.5. The van der Waals surface area contributed by atoms with Crippen LogP contribution in [0.2, 0.25) is 0 Å². The fourth-order valence-electron chi connectivity index (χ4n) is 2.34. The van der Waals surface area contributed by atoms with Gasteiger partial charge in [-0.1, -0.05) is 49.6 Å². The molecule has 0 bridgehead atoms. The van der Waals surface area contributed by atoms with Crippen LogP contribution in [-0.2, 0) is 28.6 Å². The van der Waals surface area contributed by atoms with E-state index >= 15 is 0 Å². The van der Waals surface area contributed by atoms with E-state index < -0.39 is 29.7 Å². The van der Waals surface area contributed by atoms with Gasteiger partial charge >= 0.3 is 17.9 Å². The summed E-state index contributed by atoms with van der Waals surface area (Å²) in [7, 11) is 1.20. The highest BCUT2D eigenvalue weighted by Gasteiger charge is 2.41. The van der Waals surface area contributed by atoms with Crippen LogP contribution in [0.25, 0.3) is 0 Å². The smallest absolute Gasteiger partial charge is 0.333 e. The van der Waals surface area contributed by atoms with Crippen molar-refractivity contribution in [3.63, 3.8) is 0 Å². The molecule has 0 aromatic heterocycles. The van der Waals surface area contributed by atoms with E-state index in [2.05, 4.69) is 13.2 Å². The molecule has 1 rings (SSSR count). The minimum atomic E-state index is -1.38. The Balaban J connectivity index is 3.38. The van der Waals surface area contributed by atoms with Crippen LogP contribution in [0.5, 0.6) is 0 Å². The van der Waals surface area contributed by atoms with Crippen molar-refractivity contribution in [2.24, 2.45) is 5.92 Å². The van der Waals surface area contributed by atoms with Gasteiger partial charge in [-0.25, -0.2) is 4.79 Å². The van der Waals surface area contributed by atoms with Crippen molar-refractivity contribution in [3.05, 3.63) is 60.7 Å². The van der Waals surface area contributed by atoms with Crippen molar-refractivity contribution in [1.29, 1.82) is 0 Å². The Labute approximate surface area is 147 Å². The van der Waals surface area contributed by atoms with E-state index in [-0.39, 0.29) is 18.8 Å². The standard InChI is InChI=1S/C19H22O6/c1-5-12-25-19(22)16(18(21)24-6-2)15(13(3)17(20)23-4)14-10-8-7-9-11-14/h5,7-11,15-16H,1,3,6,12H2,2,4H3. The number of carbonyl (C=O) groups excluding carboxylic acids is 3. The lowest BCUT2D eigenvalue weighted by molar-refractivity contribution is -0.162. The van der Waals surface area contributed by atoms with Crippen molar-refractivity contribution in [1.82, 2.24) is 0 Å². The van der Waals surface area contributed by atoms with E-state index in [4.69, 9.17) is 14.2 Å². The van der Waals surface area contributed by atoms with Crippen LogP contribution in [0.15, 0.2) is 55.1 Å². The number of carbonyl (C=O) groups is 3. The molecule has 0 aliphatic rings. The molecule has 6 heteroatoms. The fourth-order valence-corrected chi connectivity index (χ4v) is 2.34. The summed E-state index contributed by atoms with van der Waals surface area (Å²) in [5.74, 6) is -4.69. The Bertz CT molecular complexity index is 635. The van der Waals surface area contributed by atoms with Gasteiger partial charge in [0.2, 0.25) is 0 Å². The lowest BCUT2D eigenvalue weighted by Gasteiger charge is -2.25. The third-order valence-electron chi connectivity index (χ3n) is 3.45. The van der Waals surface area contributed by atoms with Crippen LogP contribution in [0.1, 0.15) is 18.4 Å². The molecule has 0 aliphatic carbocycles. The molecule has 6 nitrogen and oxygen atoms in total. The highest BCUT2D eigenvalue weighted by atomic mass is 16.6. The zero-order valence-electron chi connectivity index (χ0n) is 14.4. The van der Waals surface area contributed by atoms with Crippen molar-refractivity contribution in [2.75, 3.05) is 20.3 Å². The third kappa shape index (κ3) is 5.31. The maximum Gasteiger partial charge on any atom is 0.333 e. The van der Waals surface area contributed by atoms with E-state index in [1.54, 1.807) is 37.3 Å². The average molecular weight is 346 g/mol. The van der Waals surface area contributed by atoms with E-state index in [9.17, 15) is 14.4 Å². The molecule has 0 aliphatic heterocycles. The number of methoxy groups -OCH3 is 1. The second kappa shape index (κ2) is 10.1. The average Bonchev–Trinajstić information content (AvgIpc) is 2.63. The molecule has 0 radical (unpaired) electrons. The van der Waals surface area contributed by atoms with Gasteiger partial charge in [-0.2, -0.15) is 0 Å². The van der Waals surface area contributed by atoms with Crippen LogP contribution in [0.3, 0.4) is 0 Å². The minimum Gasteiger partial charge on any atom is -0.466 e. The number of benzene rings is 1. The van der Waals surface area contributed by atoms with Crippen molar-refractivity contribution < 1.29 is 28.6 Å². The monoisotopic (exact) mass is 346 g/mol. The summed E-state index contributed by atoms with van der Waals surface area (Å²) >= 11 is 0. The lowest BCUT2D eigenvalue weighted by atomic mass is 9.80. The minimum absolute atomic E-state index is 0.0395. The van der Waals surface area contributed by atoms with E-state index in [0.29, 0.717) is 5.56 Å². The molecule has 0 saturated carbocycles. The summed E-state index contributed by atoms with van der Waals surface area (Å²) in [6.45, 7) is 8.82. The highest BCUT2D eigenvalue weighted by Crippen LogP contribution is 2.34. The first kappa shape index (κ1) is 20.2. The molecule has 0 N–H and O–H groups in total. The number of hydrogen-bond donors (Lipinski definition) is 0. The van der Waals surface area contributed by atoms with Gasteiger partial charge in [0.25, 0.3) is 0 Å². The summed E-state index contributed by atoms with van der Waals surface area (Å²) in [6, 6.07) is 8.60. The second-order valence-electron chi connectivity index (χ2n) is 5.05. The lowest BCUT2D eigenvalue weighted by Crippen LogP contribution is -2.35. The third-order valence-corrected chi connectivity index (χ3v) is 3.45. The van der Waals surface area contributed by atoms with Gasteiger partial charge in [-0.05, 0) is 12.5 Å². The normalized spacial score (nSPS) is 12.4. The SMILES string of the molecule is C=CCOC(=O)C(C(=O)OCC)C(C(=C)C(=O)OC)c1ccccc1. The molecule has 0 heterocycles. The Kier molecular flexibility index (Phi) is 8.12. The van der Waals surface area contributed by atoms with Crippen molar-refractivity contribution in [3.8, 4) is 0 Å². The van der Waals surface area contributed by atoms with Gasteiger partial charge in [-0.3, -0.25) is 9.59 Å². The van der Waals surface area contributed by atoms with Crippen LogP contribution >= 0.6 is 0 Å². The molecule has 0 spiro atoms. The molecule has 25 heavy (non-hydrogen) atoms. The largest absolute Gasteiger partial charge is 0.466 e. The predicted octanol–water partition coefficient (Wildman–Crippen LogP) is 2.41. The first-order valence-corrected chi connectivity index (χ1v) is 7.74. The van der Waals surface area contributed by atoms with Crippen LogP contribution in [-0.4, -0.2) is 38.2 Å². The van der Waals surface area contributed by atoms with Crippen LogP contribution in [0, 0.1) is 5.92 Å². The molecule has 2 atom stereocenters. The summed E-state index contributed by atoms with van der Waals surface area (Å²) in [6.07, 6.45) is 1.38. The van der Waals surface area contributed by atoms with Gasteiger partial charge < -0.3 is 14.2 Å². The summed E-state index contributed by atoms with van der Waals surface area (Å²) in [5, 5.41) is 0. The van der Waals surface area contributed by atoms with E-state index in [0.717, 1.165) is 0 Å². The fraction of sp³-hybridized carbons (Fsp3) is 0.316. The topological polar surface area (TPSA) is 78.9 Å². The van der Waals surface area contributed by atoms with Crippen LogP contribution < -0.4 is 0 Å². The highest BCUT2D eigenvalue weighted by molar-refractivity contribution is 6.00. The zero-order chi connectivity index (χ0) is 18.8. The Morgan fingerprint density at radius 2 is 1.72 bits per heavy atom. The van der Waals surface area contributed by atoms with Crippen molar-refractivity contribution in [2.45, 2.75) is 12.8 Å². The molecule has 2 unspecified atom stereocenters. The quantitative estimate of drug-likeness (QED) is 0.225. The van der Waals surface area contributed by atoms with Gasteiger partial charge in [0.15, 0.2) is 5.92 Å². The molecular weight excluding hydrogens is 324 g/mol. The maximum absolute atomic E-state index is 12.5. The Morgan fingerprint density at radius 1 is 1.12 bits per heavy atom. The Morgan fingerprint density at radius 3 is 2.24 bits per heavy atom. The van der Waals surface area contributed by atoms with Crippen LogP contribution in [0.4, 0.5) is 0 Å². The molecule has 1 aromatic carbocycles. The molecule has 1 aromatic rings. The van der Waals surface area contributed by atoms with Gasteiger partial charge in [-0.15, -0.1) is 0 Å². The zero-order valence-corrected chi connectivity index (χ0v) is 14.4. The molecule has 0 amide bonds. The summed E-state index contributed by atoms with van der Waals surface area (Å²) < 4.78 is 14.8. The molecule has 0 saturated heterocycles. The first-order chi connectivity index (χ1) is 12.0. The van der Waals surface area contributed by atoms with Crippen molar-refractivity contribution >= 4 is 17.9 Å². The van der Waals surface area contributed by atoms with Gasteiger partial charge in [0.05, 0.1) is 13.7 Å². The molecule has 0 fully saturated rings. The predicted molar refractivity (Wildman–Crippen MR) is 91.6 cm³/mol. The number of ether oxygens (including phenoxy) is 3. The van der Waals surface area contributed by atoms with Gasteiger partial charge in [0, 0.05) is 11.5 Å². The second-order valence-corrected chi connectivity index (χ2v) is 5.05. The number of esters is 3. The van der Waals surface area contributed by atoms with Gasteiger partial charge in [0.1, 0.15) is 6.61 Å². The number of hydrogen-bond acceptors (Lipinski definition) is 6. The molecule has 134 valence electrons. The number of rotatable bonds is 9. The summed E-state index contributed by atoms with van der Waals surface area (Å²) in [5.41, 5.74) is 0.508. The first-order valence-electron chi connectivity index (χ1n) is 7.74. The molecular formula is C19H22O6. The van der Waals surface area contributed by atoms with E-state index in [1.807, 2.05) is 0 Å².